The van der Waals surface area contributed by atoms with Gasteiger partial charge in [0.15, 0.2) is 0 Å². The van der Waals surface area contributed by atoms with E-state index in [2.05, 4.69) is 15.0 Å². The Morgan fingerprint density at radius 2 is 2.22 bits per heavy atom. The zero-order chi connectivity index (χ0) is 16.4. The number of likely N-dealkylation sites (tertiary alicyclic amines) is 1. The molecule has 118 valence electrons. The minimum absolute atomic E-state index is 0.0150. The lowest BCUT2D eigenvalue weighted by molar-refractivity contribution is 0.0775. The monoisotopic (exact) mass is 329 g/mol. The van der Waals surface area contributed by atoms with Gasteiger partial charge in [-0.1, -0.05) is 0 Å². The molecule has 8 heteroatoms. The molecule has 2 aromatic heterocycles. The molecule has 3 heterocycles. The van der Waals surface area contributed by atoms with Gasteiger partial charge in [-0.15, -0.1) is 11.3 Å². The molecule has 3 rings (SSSR count). The molecule has 23 heavy (non-hydrogen) atoms. The van der Waals surface area contributed by atoms with Gasteiger partial charge in [0.05, 0.1) is 17.2 Å². The zero-order valence-electron chi connectivity index (χ0n) is 12.8. The van der Waals surface area contributed by atoms with Crippen molar-refractivity contribution in [2.45, 2.75) is 26.4 Å². The highest BCUT2D eigenvalue weighted by Gasteiger charge is 2.30. The van der Waals surface area contributed by atoms with Gasteiger partial charge in [0.1, 0.15) is 17.1 Å². The number of hydrogen-bond acceptors (Lipinski definition) is 7. The number of aryl methyl sites for hydroxylation is 2. The normalized spacial score (nSPS) is 17.1. The highest BCUT2D eigenvalue weighted by atomic mass is 32.1. The molecule has 0 spiro atoms. The van der Waals surface area contributed by atoms with Crippen LogP contribution in [-0.2, 0) is 0 Å². The fourth-order valence-corrected chi connectivity index (χ4v) is 3.42. The number of hydrogen-bond donors (Lipinski definition) is 0. The number of ether oxygens (including phenoxy) is 1. The molecular weight excluding hydrogens is 314 g/mol. The van der Waals surface area contributed by atoms with Gasteiger partial charge >= 0.3 is 0 Å². The Labute approximate surface area is 137 Å². The first-order valence-electron chi connectivity index (χ1n) is 7.19. The number of carbonyl (C=O) groups excluding carboxylic acids is 1. The minimum Gasteiger partial charge on any atom is -0.470 e. The summed E-state index contributed by atoms with van der Waals surface area (Å²) in [6.07, 6.45) is 3.45. The summed E-state index contributed by atoms with van der Waals surface area (Å²) in [7, 11) is 0. The van der Waals surface area contributed by atoms with Crippen LogP contribution in [0.5, 0.6) is 5.88 Å². The smallest absolute Gasteiger partial charge is 0.265 e. The lowest BCUT2D eigenvalue weighted by atomic mass is 10.3. The first kappa shape index (κ1) is 15.4. The number of rotatable bonds is 3. The fraction of sp³-hybridized carbons (Fsp3) is 0.400. The molecule has 2 aromatic rings. The molecule has 0 bridgehead atoms. The predicted molar refractivity (Wildman–Crippen MR) is 83.3 cm³/mol. The number of carbonyl (C=O) groups is 1. The Kier molecular flexibility index (Phi) is 4.21. The third-order valence-electron chi connectivity index (χ3n) is 3.58. The number of thiazole rings is 1. The summed E-state index contributed by atoms with van der Waals surface area (Å²) >= 11 is 1.41. The summed E-state index contributed by atoms with van der Waals surface area (Å²) in [5, 5.41) is 9.90. The average Bonchev–Trinajstić information content (AvgIpc) is 3.13. The van der Waals surface area contributed by atoms with E-state index < -0.39 is 0 Å². The first-order chi connectivity index (χ1) is 11.1. The van der Waals surface area contributed by atoms with Crippen molar-refractivity contribution in [1.29, 1.82) is 5.26 Å². The van der Waals surface area contributed by atoms with Crippen LogP contribution in [0.4, 0.5) is 0 Å². The Bertz CT molecular complexity index is 782. The van der Waals surface area contributed by atoms with Gasteiger partial charge in [0.2, 0.25) is 5.69 Å². The lowest BCUT2D eigenvalue weighted by Gasteiger charge is -2.16. The summed E-state index contributed by atoms with van der Waals surface area (Å²) in [6.45, 7) is 4.82. The van der Waals surface area contributed by atoms with Crippen molar-refractivity contribution < 1.29 is 9.53 Å². The Morgan fingerprint density at radius 1 is 1.43 bits per heavy atom. The van der Waals surface area contributed by atoms with Crippen molar-refractivity contribution in [3.8, 4) is 11.9 Å². The van der Waals surface area contributed by atoms with Crippen LogP contribution in [0, 0.1) is 25.2 Å². The quantitative estimate of drug-likeness (QED) is 0.851. The lowest BCUT2D eigenvalue weighted by Crippen LogP contribution is -2.31. The van der Waals surface area contributed by atoms with E-state index in [0.29, 0.717) is 24.4 Å². The van der Waals surface area contributed by atoms with E-state index in [9.17, 15) is 4.79 Å². The summed E-state index contributed by atoms with van der Waals surface area (Å²) in [6, 6.07) is 1.95. The second kappa shape index (κ2) is 6.30. The van der Waals surface area contributed by atoms with Crippen LogP contribution in [0.3, 0.4) is 0 Å². The molecule has 0 N–H and O–H groups in total. The predicted octanol–water partition coefficient (Wildman–Crippen LogP) is 1.72. The number of amides is 1. The second-order valence-corrected chi connectivity index (χ2v) is 6.45. The van der Waals surface area contributed by atoms with Crippen molar-refractivity contribution in [1.82, 2.24) is 19.9 Å². The third-order valence-corrected chi connectivity index (χ3v) is 4.64. The molecule has 7 nitrogen and oxygen atoms in total. The fourth-order valence-electron chi connectivity index (χ4n) is 2.53. The molecule has 1 atom stereocenters. The van der Waals surface area contributed by atoms with Crippen molar-refractivity contribution in [3.05, 3.63) is 33.7 Å². The number of nitriles is 1. The summed E-state index contributed by atoms with van der Waals surface area (Å²) in [4.78, 5) is 27.3. The largest absolute Gasteiger partial charge is 0.470 e. The van der Waals surface area contributed by atoms with Gasteiger partial charge in [0, 0.05) is 25.4 Å². The van der Waals surface area contributed by atoms with E-state index in [0.717, 1.165) is 10.7 Å². The van der Waals surface area contributed by atoms with Gasteiger partial charge in [-0.05, 0) is 13.8 Å². The van der Waals surface area contributed by atoms with E-state index in [-0.39, 0.29) is 23.6 Å². The van der Waals surface area contributed by atoms with E-state index in [1.165, 1.54) is 23.7 Å². The first-order valence-corrected chi connectivity index (χ1v) is 8.01. The average molecular weight is 329 g/mol. The molecular formula is C15H15N5O2S. The summed E-state index contributed by atoms with van der Waals surface area (Å²) < 4.78 is 5.75. The molecule has 1 amide bonds. The van der Waals surface area contributed by atoms with E-state index >= 15 is 0 Å². The zero-order valence-corrected chi connectivity index (χ0v) is 13.6. The van der Waals surface area contributed by atoms with Crippen LogP contribution in [0.25, 0.3) is 0 Å². The van der Waals surface area contributed by atoms with Gasteiger partial charge < -0.3 is 9.64 Å². The summed E-state index contributed by atoms with van der Waals surface area (Å²) in [5.74, 6) is 0.206. The van der Waals surface area contributed by atoms with Gasteiger partial charge in [-0.25, -0.2) is 15.0 Å². The van der Waals surface area contributed by atoms with Gasteiger partial charge in [0.25, 0.3) is 11.8 Å². The maximum absolute atomic E-state index is 12.6. The Morgan fingerprint density at radius 3 is 2.91 bits per heavy atom. The molecule has 1 aliphatic heterocycles. The van der Waals surface area contributed by atoms with Gasteiger partial charge in [-0.2, -0.15) is 5.26 Å². The highest BCUT2D eigenvalue weighted by Crippen LogP contribution is 2.23. The van der Waals surface area contributed by atoms with Crippen molar-refractivity contribution in [2.75, 3.05) is 13.1 Å². The van der Waals surface area contributed by atoms with Crippen LogP contribution in [0.1, 0.15) is 32.5 Å². The van der Waals surface area contributed by atoms with E-state index in [4.69, 9.17) is 10.00 Å². The van der Waals surface area contributed by atoms with Crippen LogP contribution in [-0.4, -0.2) is 45.0 Å². The van der Waals surface area contributed by atoms with Crippen LogP contribution >= 0.6 is 11.3 Å². The Hall–Kier alpha value is -2.53. The number of nitrogens with zero attached hydrogens (tertiary/aromatic N) is 5. The molecule has 0 unspecified atom stereocenters. The highest BCUT2D eigenvalue weighted by molar-refractivity contribution is 7.13. The molecule has 0 saturated carbocycles. The Balaban J connectivity index is 1.68. The number of aromatic nitrogens is 3. The van der Waals surface area contributed by atoms with Crippen molar-refractivity contribution in [2.24, 2.45) is 0 Å². The minimum atomic E-state index is -0.183. The molecule has 0 aliphatic carbocycles. The summed E-state index contributed by atoms with van der Waals surface area (Å²) in [5.41, 5.74) is 0.925. The molecule has 1 saturated heterocycles. The second-order valence-electron chi connectivity index (χ2n) is 5.25. The van der Waals surface area contributed by atoms with Crippen LogP contribution in [0.2, 0.25) is 0 Å². The molecule has 0 aromatic carbocycles. The third kappa shape index (κ3) is 3.14. The van der Waals surface area contributed by atoms with Gasteiger partial charge in [-0.3, -0.25) is 4.79 Å². The topological polar surface area (TPSA) is 92.0 Å². The van der Waals surface area contributed by atoms with E-state index in [1.807, 2.05) is 19.9 Å². The standard InChI is InChI=1S/C15H15N5O2S/c1-9-13(23-10(2)19-9)15(21)20-6-3-11(8-20)22-14-12(7-16)17-4-5-18-14/h4-5,11H,3,6,8H2,1-2H3/t11-/m0/s1. The van der Waals surface area contributed by atoms with Crippen LogP contribution in [0.15, 0.2) is 12.4 Å². The maximum Gasteiger partial charge on any atom is 0.265 e. The van der Waals surface area contributed by atoms with Crippen LogP contribution < -0.4 is 4.74 Å². The molecule has 1 aliphatic rings. The van der Waals surface area contributed by atoms with E-state index in [1.54, 1.807) is 4.90 Å². The molecule has 0 radical (unpaired) electrons. The van der Waals surface area contributed by atoms with Crippen molar-refractivity contribution >= 4 is 17.2 Å². The SMILES string of the molecule is Cc1nc(C)c(C(=O)N2CC[C@H](Oc3nccnc3C#N)C2)s1. The maximum atomic E-state index is 12.6. The van der Waals surface area contributed by atoms with Crippen molar-refractivity contribution in [3.63, 3.8) is 0 Å². The molecule has 1 fully saturated rings.